The van der Waals surface area contributed by atoms with Gasteiger partial charge in [-0.1, -0.05) is 47.5 Å². The van der Waals surface area contributed by atoms with Crippen LogP contribution in [0.15, 0.2) is 48.7 Å². The topological polar surface area (TPSA) is 42.3 Å². The highest BCUT2D eigenvalue weighted by Gasteiger charge is 2.27. The second-order valence-electron chi connectivity index (χ2n) is 7.12. The van der Waals surface area contributed by atoms with Crippen LogP contribution in [0.1, 0.15) is 35.2 Å². The van der Waals surface area contributed by atoms with Gasteiger partial charge in [-0.3, -0.25) is 9.59 Å². The lowest BCUT2D eigenvalue weighted by atomic mass is 10.1. The molecule has 0 N–H and O–H groups in total. The van der Waals surface area contributed by atoms with Crippen molar-refractivity contribution in [2.24, 2.45) is 0 Å². The van der Waals surface area contributed by atoms with E-state index in [0.29, 0.717) is 35.2 Å². The van der Waals surface area contributed by atoms with Crippen molar-refractivity contribution in [3.8, 4) is 0 Å². The number of carbonyl (C=O) groups excluding carboxylic acids is 2. The van der Waals surface area contributed by atoms with E-state index < -0.39 is 11.7 Å². The molecule has 0 atom stereocenters. The second-order valence-corrected chi connectivity index (χ2v) is 7.93. The Morgan fingerprint density at radius 3 is 2.43 bits per heavy atom. The zero-order valence-corrected chi connectivity index (χ0v) is 16.8. The largest absolute Gasteiger partial charge is 0.342 e. The minimum Gasteiger partial charge on any atom is -0.342 e. The maximum Gasteiger partial charge on any atom is 0.295 e. The van der Waals surface area contributed by atoms with Gasteiger partial charge < -0.3 is 9.47 Å². The van der Waals surface area contributed by atoms with Crippen LogP contribution in [0.5, 0.6) is 0 Å². The van der Waals surface area contributed by atoms with E-state index in [1.807, 2.05) is 41.0 Å². The lowest BCUT2D eigenvalue weighted by Gasteiger charge is -2.25. The lowest BCUT2D eigenvalue weighted by molar-refractivity contribution is -0.127. The number of amides is 1. The van der Waals surface area contributed by atoms with Crippen molar-refractivity contribution < 1.29 is 9.59 Å². The molecule has 0 spiro atoms. The van der Waals surface area contributed by atoms with Gasteiger partial charge in [0.05, 0.1) is 15.6 Å². The van der Waals surface area contributed by atoms with Crippen LogP contribution in [0.3, 0.4) is 0 Å². The highest BCUT2D eigenvalue weighted by Crippen LogP contribution is 2.26. The van der Waals surface area contributed by atoms with E-state index in [1.165, 1.54) is 0 Å². The standard InChI is InChI=1S/C22H20Cl2N2O2/c23-18-9-8-15(12-19(18)24)13-26-14-17(16-6-2-3-7-20(16)26)21(27)22(28)25-10-4-1-5-11-25/h2-3,6-9,12,14H,1,4-5,10-11,13H2. The van der Waals surface area contributed by atoms with Crippen LogP contribution in [0.4, 0.5) is 0 Å². The number of hydrogen-bond donors (Lipinski definition) is 0. The minimum absolute atomic E-state index is 0.405. The molecule has 28 heavy (non-hydrogen) atoms. The Bertz CT molecular complexity index is 1050. The summed E-state index contributed by atoms with van der Waals surface area (Å²) in [6, 6.07) is 13.1. The Balaban J connectivity index is 1.68. The number of Topliss-reactive ketones (excluding diaryl/α,β-unsaturated/α-hetero) is 1. The molecule has 3 aromatic rings. The summed E-state index contributed by atoms with van der Waals surface area (Å²) in [6.07, 6.45) is 4.80. The number of hydrogen-bond acceptors (Lipinski definition) is 2. The van der Waals surface area contributed by atoms with Gasteiger partial charge in [0.2, 0.25) is 0 Å². The van der Waals surface area contributed by atoms with Gasteiger partial charge in [-0.2, -0.15) is 0 Å². The first kappa shape index (κ1) is 19.0. The molecular weight excluding hydrogens is 395 g/mol. The van der Waals surface area contributed by atoms with Gasteiger partial charge in [0, 0.05) is 36.7 Å². The number of carbonyl (C=O) groups is 2. The molecule has 0 saturated carbocycles. The molecular formula is C22H20Cl2N2O2. The molecule has 1 aliphatic rings. The molecule has 4 nitrogen and oxygen atoms in total. The van der Waals surface area contributed by atoms with Gasteiger partial charge in [-0.05, 0) is 43.0 Å². The summed E-state index contributed by atoms with van der Waals surface area (Å²) in [7, 11) is 0. The Labute approximate surface area is 173 Å². The van der Waals surface area contributed by atoms with Crippen molar-refractivity contribution in [1.29, 1.82) is 0 Å². The number of likely N-dealkylation sites (tertiary alicyclic amines) is 1. The van der Waals surface area contributed by atoms with Gasteiger partial charge in [0.15, 0.2) is 0 Å². The van der Waals surface area contributed by atoms with Crippen LogP contribution in [0.2, 0.25) is 10.0 Å². The zero-order valence-electron chi connectivity index (χ0n) is 15.3. The summed E-state index contributed by atoms with van der Waals surface area (Å²) in [5.41, 5.74) is 2.33. The molecule has 0 aliphatic carbocycles. The fraction of sp³-hybridized carbons (Fsp3) is 0.273. The summed E-state index contributed by atoms with van der Waals surface area (Å²) in [5, 5.41) is 1.79. The fourth-order valence-electron chi connectivity index (χ4n) is 3.75. The molecule has 1 aromatic heterocycles. The third-order valence-electron chi connectivity index (χ3n) is 5.21. The van der Waals surface area contributed by atoms with Crippen LogP contribution in [-0.4, -0.2) is 34.2 Å². The average molecular weight is 415 g/mol. The van der Waals surface area contributed by atoms with Crippen molar-refractivity contribution in [3.05, 3.63) is 69.8 Å². The van der Waals surface area contributed by atoms with Gasteiger partial charge in [-0.15, -0.1) is 0 Å². The number of fused-ring (bicyclic) bond motifs is 1. The molecule has 4 rings (SSSR count). The van der Waals surface area contributed by atoms with E-state index in [-0.39, 0.29) is 0 Å². The number of halogens is 2. The summed E-state index contributed by atoms with van der Waals surface area (Å²) in [6.45, 7) is 1.85. The predicted molar refractivity (Wildman–Crippen MR) is 112 cm³/mol. The number of aromatic nitrogens is 1. The molecule has 0 unspecified atom stereocenters. The van der Waals surface area contributed by atoms with Crippen LogP contribution in [0, 0.1) is 0 Å². The first-order valence-corrected chi connectivity index (χ1v) is 10.2. The smallest absolute Gasteiger partial charge is 0.295 e. The monoisotopic (exact) mass is 414 g/mol. The average Bonchev–Trinajstić information content (AvgIpc) is 3.09. The Kier molecular flexibility index (Phi) is 5.42. The Morgan fingerprint density at radius 1 is 0.929 bits per heavy atom. The second kappa shape index (κ2) is 7.98. The fourth-order valence-corrected chi connectivity index (χ4v) is 4.07. The van der Waals surface area contributed by atoms with Gasteiger partial charge in [-0.25, -0.2) is 0 Å². The SMILES string of the molecule is O=C(C(=O)N1CCCCC1)c1cn(Cc2ccc(Cl)c(Cl)c2)c2ccccc12. The Hall–Kier alpha value is -2.30. The maximum atomic E-state index is 13.0. The first-order valence-electron chi connectivity index (χ1n) is 9.40. The predicted octanol–water partition coefficient (Wildman–Crippen LogP) is 5.19. The zero-order chi connectivity index (χ0) is 19.7. The third kappa shape index (κ3) is 3.67. The van der Waals surface area contributed by atoms with Crippen LogP contribution in [-0.2, 0) is 11.3 Å². The molecule has 2 heterocycles. The van der Waals surface area contributed by atoms with E-state index in [9.17, 15) is 9.59 Å². The molecule has 144 valence electrons. The number of ketones is 1. The maximum absolute atomic E-state index is 13.0. The molecule has 1 fully saturated rings. The van der Waals surface area contributed by atoms with Crippen molar-refractivity contribution in [3.63, 3.8) is 0 Å². The van der Waals surface area contributed by atoms with Crippen molar-refractivity contribution in [2.45, 2.75) is 25.8 Å². The van der Waals surface area contributed by atoms with Gasteiger partial charge in [0.1, 0.15) is 0 Å². The molecule has 0 radical (unpaired) electrons. The molecule has 1 aliphatic heterocycles. The third-order valence-corrected chi connectivity index (χ3v) is 5.95. The molecule has 6 heteroatoms. The van der Waals surface area contributed by atoms with Gasteiger partial charge in [0.25, 0.3) is 11.7 Å². The number of rotatable bonds is 4. The van der Waals surface area contributed by atoms with Crippen LogP contribution >= 0.6 is 23.2 Å². The van der Waals surface area contributed by atoms with Gasteiger partial charge >= 0.3 is 0 Å². The number of piperidine rings is 1. The summed E-state index contributed by atoms with van der Waals surface area (Å²) in [5.74, 6) is -0.844. The first-order chi connectivity index (χ1) is 13.5. The normalized spacial score (nSPS) is 14.4. The van der Waals surface area contributed by atoms with Crippen molar-refractivity contribution >= 4 is 45.8 Å². The summed E-state index contributed by atoms with van der Waals surface area (Å²) in [4.78, 5) is 27.4. The number of benzene rings is 2. The highest BCUT2D eigenvalue weighted by molar-refractivity contribution is 6.45. The molecule has 0 bridgehead atoms. The van der Waals surface area contributed by atoms with E-state index in [0.717, 1.165) is 35.7 Å². The molecule has 2 aromatic carbocycles. The van der Waals surface area contributed by atoms with E-state index in [4.69, 9.17) is 23.2 Å². The van der Waals surface area contributed by atoms with Crippen molar-refractivity contribution in [1.82, 2.24) is 9.47 Å². The number of nitrogens with zero attached hydrogens (tertiary/aromatic N) is 2. The van der Waals surface area contributed by atoms with E-state index >= 15 is 0 Å². The van der Waals surface area contributed by atoms with Crippen molar-refractivity contribution in [2.75, 3.05) is 13.1 Å². The van der Waals surface area contributed by atoms with E-state index in [2.05, 4.69) is 0 Å². The van der Waals surface area contributed by atoms with Crippen LogP contribution in [0.25, 0.3) is 10.9 Å². The quantitative estimate of drug-likeness (QED) is 0.435. The lowest BCUT2D eigenvalue weighted by Crippen LogP contribution is -2.40. The highest BCUT2D eigenvalue weighted by atomic mass is 35.5. The van der Waals surface area contributed by atoms with Crippen LogP contribution < -0.4 is 0 Å². The van der Waals surface area contributed by atoms with E-state index in [1.54, 1.807) is 17.2 Å². The summed E-state index contributed by atoms with van der Waals surface area (Å²) < 4.78 is 1.98. The Morgan fingerprint density at radius 2 is 1.68 bits per heavy atom. The molecule has 1 saturated heterocycles. The number of para-hydroxylation sites is 1. The molecule has 1 amide bonds. The minimum atomic E-state index is -0.439. The summed E-state index contributed by atoms with van der Waals surface area (Å²) >= 11 is 12.1.